The Morgan fingerprint density at radius 2 is 2.00 bits per heavy atom. The van der Waals surface area contributed by atoms with Gasteiger partial charge < -0.3 is 40.0 Å². The normalized spacial score (nSPS) is 27.2. The first-order chi connectivity index (χ1) is 15.5. The first-order valence-electron chi connectivity index (χ1n) is 10.0. The SMILES string of the molecule is CC(=O)N[C@H]1[C@H]([C@H](O)[C@H](O)CO)O[C@@](Sc2ccc3c(C)cc(=O)oc3c2)(C(=O)O)C[C@@H]1O. The van der Waals surface area contributed by atoms with Crippen LogP contribution in [0.25, 0.3) is 11.0 Å². The zero-order valence-electron chi connectivity index (χ0n) is 17.8. The quantitative estimate of drug-likeness (QED) is 0.275. The van der Waals surface area contributed by atoms with Gasteiger partial charge in [-0.05, 0) is 30.7 Å². The smallest absolute Gasteiger partial charge is 0.347 e. The molecule has 3 rings (SSSR count). The fourth-order valence-corrected chi connectivity index (χ4v) is 4.97. The molecule has 0 spiro atoms. The van der Waals surface area contributed by atoms with Crippen LogP contribution in [0.2, 0.25) is 0 Å². The topological polar surface area (TPSA) is 187 Å². The molecule has 11 nitrogen and oxygen atoms in total. The van der Waals surface area contributed by atoms with E-state index in [0.29, 0.717) is 27.6 Å². The van der Waals surface area contributed by atoms with Crippen molar-refractivity contribution in [1.29, 1.82) is 0 Å². The third-order valence-corrected chi connectivity index (χ3v) is 6.65. The summed E-state index contributed by atoms with van der Waals surface area (Å²) in [6.07, 6.45) is -7.06. The lowest BCUT2D eigenvalue weighted by atomic mass is 9.90. The average molecular weight is 483 g/mol. The number of rotatable bonds is 7. The van der Waals surface area contributed by atoms with Crippen molar-refractivity contribution in [3.63, 3.8) is 0 Å². The van der Waals surface area contributed by atoms with Gasteiger partial charge in [0.2, 0.25) is 10.8 Å². The number of hydrogen-bond donors (Lipinski definition) is 6. The minimum absolute atomic E-state index is 0.227. The Balaban J connectivity index is 2.01. The van der Waals surface area contributed by atoms with Crippen LogP contribution in [0.4, 0.5) is 0 Å². The number of aliphatic hydroxyl groups excluding tert-OH is 4. The van der Waals surface area contributed by atoms with Crippen LogP contribution >= 0.6 is 11.8 Å². The van der Waals surface area contributed by atoms with Crippen molar-refractivity contribution in [1.82, 2.24) is 5.32 Å². The Bertz CT molecular complexity index is 1100. The zero-order chi connectivity index (χ0) is 24.5. The van der Waals surface area contributed by atoms with Crippen molar-refractivity contribution in [3.05, 3.63) is 40.2 Å². The standard InChI is InChI=1S/C21H25NO10S/c1-9-5-16(27)31-15-6-11(3-4-12(9)15)33-21(20(29)30)7-13(25)17(22-10(2)24)19(32-21)18(28)14(26)8-23/h3-6,13-14,17-19,23,25-26,28H,7-8H2,1-2H3,(H,22,24)(H,29,30)/t13-,14+,17+,18+,19+,21-/m0/s1. The van der Waals surface area contributed by atoms with E-state index in [4.69, 9.17) is 9.15 Å². The molecule has 2 aromatic rings. The first kappa shape index (κ1) is 25.1. The summed E-state index contributed by atoms with van der Waals surface area (Å²) in [6.45, 7) is 2.03. The lowest BCUT2D eigenvalue weighted by Crippen LogP contribution is -2.66. The van der Waals surface area contributed by atoms with E-state index in [1.54, 1.807) is 19.1 Å². The number of thioether (sulfide) groups is 1. The summed E-state index contributed by atoms with van der Waals surface area (Å²) < 4.78 is 10.9. The molecule has 0 radical (unpaired) electrons. The number of carbonyl (C=O) groups excluding carboxylic acids is 1. The number of amides is 1. The maximum Gasteiger partial charge on any atom is 0.347 e. The Hall–Kier alpha value is -2.48. The van der Waals surface area contributed by atoms with E-state index in [0.717, 1.165) is 6.92 Å². The molecule has 1 fully saturated rings. The van der Waals surface area contributed by atoms with Gasteiger partial charge in [-0.3, -0.25) is 4.79 Å². The molecular formula is C21H25NO10S. The summed E-state index contributed by atoms with van der Waals surface area (Å²) in [5.41, 5.74) is 0.332. The monoisotopic (exact) mass is 483 g/mol. The van der Waals surface area contributed by atoms with Gasteiger partial charge in [-0.25, -0.2) is 9.59 Å². The van der Waals surface area contributed by atoms with Gasteiger partial charge in [-0.1, -0.05) is 11.8 Å². The predicted molar refractivity (Wildman–Crippen MR) is 116 cm³/mol. The van der Waals surface area contributed by atoms with Gasteiger partial charge in [-0.2, -0.15) is 0 Å². The number of hydrogen-bond acceptors (Lipinski definition) is 10. The molecule has 180 valence electrons. The maximum atomic E-state index is 12.3. The molecule has 1 aliphatic heterocycles. The second-order valence-corrected chi connectivity index (χ2v) is 9.22. The molecular weight excluding hydrogens is 458 g/mol. The Morgan fingerprint density at radius 3 is 2.61 bits per heavy atom. The fraction of sp³-hybridized carbons (Fsp3) is 0.476. The van der Waals surface area contributed by atoms with E-state index in [9.17, 15) is 39.9 Å². The fourth-order valence-electron chi connectivity index (χ4n) is 3.79. The van der Waals surface area contributed by atoms with Gasteiger partial charge in [0.15, 0.2) is 0 Å². The summed E-state index contributed by atoms with van der Waals surface area (Å²) in [5, 5.41) is 53.4. The van der Waals surface area contributed by atoms with Gasteiger partial charge in [0.1, 0.15) is 23.9 Å². The second-order valence-electron chi connectivity index (χ2n) is 7.89. The largest absolute Gasteiger partial charge is 0.478 e. The van der Waals surface area contributed by atoms with Crippen molar-refractivity contribution in [3.8, 4) is 0 Å². The molecule has 1 aromatic carbocycles. The minimum atomic E-state index is -2.13. The van der Waals surface area contributed by atoms with Crippen molar-refractivity contribution in [2.75, 3.05) is 6.61 Å². The highest BCUT2D eigenvalue weighted by Crippen LogP contribution is 2.44. The van der Waals surface area contributed by atoms with Crippen molar-refractivity contribution in [2.24, 2.45) is 0 Å². The van der Waals surface area contributed by atoms with E-state index in [1.807, 2.05) is 0 Å². The van der Waals surface area contributed by atoms with Gasteiger partial charge >= 0.3 is 11.6 Å². The molecule has 0 aliphatic carbocycles. The number of benzene rings is 1. The summed E-state index contributed by atoms with van der Waals surface area (Å²) in [6, 6.07) is 4.78. The maximum absolute atomic E-state index is 12.3. The van der Waals surface area contributed by atoms with Crippen LogP contribution in [0.3, 0.4) is 0 Å². The molecule has 6 atom stereocenters. The molecule has 1 amide bonds. The van der Waals surface area contributed by atoms with Crippen LogP contribution in [0.1, 0.15) is 18.9 Å². The average Bonchev–Trinajstić information content (AvgIpc) is 2.73. The van der Waals surface area contributed by atoms with Gasteiger partial charge in [0.05, 0.1) is 18.8 Å². The van der Waals surface area contributed by atoms with Crippen molar-refractivity contribution < 1.29 is 44.3 Å². The molecule has 1 aliphatic rings. The van der Waals surface area contributed by atoms with Crippen LogP contribution in [-0.4, -0.2) is 79.4 Å². The summed E-state index contributed by atoms with van der Waals surface area (Å²) in [7, 11) is 0. The third kappa shape index (κ3) is 5.21. The van der Waals surface area contributed by atoms with Crippen LogP contribution < -0.4 is 10.9 Å². The lowest BCUT2D eigenvalue weighted by molar-refractivity contribution is -0.205. The van der Waals surface area contributed by atoms with Gasteiger partial charge in [-0.15, -0.1) is 0 Å². The number of aryl methyl sites for hydroxylation is 1. The number of aliphatic carboxylic acids is 1. The molecule has 12 heteroatoms. The molecule has 33 heavy (non-hydrogen) atoms. The number of aliphatic hydroxyl groups is 4. The molecule has 1 saturated heterocycles. The van der Waals surface area contributed by atoms with E-state index < -0.39 is 65.9 Å². The van der Waals surface area contributed by atoms with Gasteiger partial charge in [0, 0.05) is 29.7 Å². The highest BCUT2D eigenvalue weighted by molar-refractivity contribution is 8.01. The molecule has 0 bridgehead atoms. The van der Waals surface area contributed by atoms with Crippen LogP contribution in [-0.2, 0) is 14.3 Å². The van der Waals surface area contributed by atoms with Crippen LogP contribution in [0, 0.1) is 6.92 Å². The predicted octanol–water partition coefficient (Wildman–Crippen LogP) is -0.657. The minimum Gasteiger partial charge on any atom is -0.478 e. The summed E-state index contributed by atoms with van der Waals surface area (Å²) >= 11 is 0.700. The third-order valence-electron chi connectivity index (χ3n) is 5.39. The van der Waals surface area contributed by atoms with Crippen LogP contribution in [0.15, 0.2) is 38.4 Å². The summed E-state index contributed by atoms with van der Waals surface area (Å²) in [5.74, 6) is -2.05. The molecule has 0 saturated carbocycles. The van der Waals surface area contributed by atoms with Crippen molar-refractivity contribution >= 4 is 34.6 Å². The second kappa shape index (κ2) is 9.79. The number of carbonyl (C=O) groups is 2. The number of carboxylic acid groups (broad SMARTS) is 1. The highest BCUT2D eigenvalue weighted by Gasteiger charge is 2.55. The van der Waals surface area contributed by atoms with E-state index in [1.165, 1.54) is 12.1 Å². The molecule has 6 N–H and O–H groups in total. The number of fused-ring (bicyclic) bond motifs is 1. The van der Waals surface area contributed by atoms with Crippen molar-refractivity contribution in [2.45, 2.75) is 60.6 Å². The first-order valence-corrected chi connectivity index (χ1v) is 10.9. The molecule has 0 unspecified atom stereocenters. The van der Waals surface area contributed by atoms with E-state index >= 15 is 0 Å². The highest BCUT2D eigenvalue weighted by atomic mass is 32.2. The number of ether oxygens (including phenoxy) is 1. The summed E-state index contributed by atoms with van der Waals surface area (Å²) in [4.78, 5) is 33.8. The molecule has 2 heterocycles. The lowest BCUT2D eigenvalue weighted by Gasteiger charge is -2.46. The van der Waals surface area contributed by atoms with Crippen LogP contribution in [0.5, 0.6) is 0 Å². The number of carboxylic acids is 1. The van der Waals surface area contributed by atoms with Gasteiger partial charge in [0.25, 0.3) is 0 Å². The Kier molecular flexibility index (Phi) is 7.46. The Labute approximate surface area is 192 Å². The van der Waals surface area contributed by atoms with E-state index in [2.05, 4.69) is 5.32 Å². The zero-order valence-corrected chi connectivity index (χ0v) is 18.6. The number of nitrogens with one attached hydrogen (secondary N) is 1. The Morgan fingerprint density at radius 1 is 1.30 bits per heavy atom. The molecule has 1 aromatic heterocycles. The van der Waals surface area contributed by atoms with E-state index in [-0.39, 0.29) is 5.58 Å².